The third-order valence-corrected chi connectivity index (χ3v) is 6.83. The Hall–Kier alpha value is -2.01. The van der Waals surface area contributed by atoms with Crippen molar-refractivity contribution in [2.45, 2.75) is 33.2 Å². The van der Waals surface area contributed by atoms with Gasteiger partial charge >= 0.3 is 14.5 Å². The molecule has 152 valence electrons. The van der Waals surface area contributed by atoms with Gasteiger partial charge in [0.25, 0.3) is 5.91 Å². The van der Waals surface area contributed by atoms with Crippen LogP contribution in [-0.2, 0) is 13.3 Å². The van der Waals surface area contributed by atoms with Crippen LogP contribution in [0, 0.1) is 10.1 Å². The van der Waals surface area contributed by atoms with Crippen LogP contribution in [0.2, 0.25) is 6.04 Å². The van der Waals surface area contributed by atoms with Crippen molar-refractivity contribution in [3.63, 3.8) is 0 Å². The predicted octanol–water partition coefficient (Wildman–Crippen LogP) is 2.77. The quantitative estimate of drug-likeness (QED) is 0.235. The molecule has 9 nitrogen and oxygen atoms in total. The molecular weight excluding hydrogens is 372 g/mol. The first-order valence-corrected chi connectivity index (χ1v) is 10.9. The lowest BCUT2D eigenvalue weighted by Gasteiger charge is -2.28. The van der Waals surface area contributed by atoms with Crippen molar-refractivity contribution in [1.29, 1.82) is 0 Å². The summed E-state index contributed by atoms with van der Waals surface area (Å²) >= 11 is 0. The Balaban J connectivity index is 2.65. The van der Waals surface area contributed by atoms with Crippen molar-refractivity contribution in [3.05, 3.63) is 33.9 Å². The Morgan fingerprint density at radius 2 is 1.74 bits per heavy atom. The summed E-state index contributed by atoms with van der Waals surface area (Å²) < 4.78 is 22.3. The number of ether oxygens (including phenoxy) is 1. The lowest BCUT2D eigenvalue weighted by molar-refractivity contribution is -0.385. The number of benzene rings is 1. The van der Waals surface area contributed by atoms with Gasteiger partial charge in [-0.15, -0.1) is 0 Å². The van der Waals surface area contributed by atoms with Crippen molar-refractivity contribution < 1.29 is 27.7 Å². The molecule has 0 aliphatic heterocycles. The largest absolute Gasteiger partial charge is 0.500 e. The van der Waals surface area contributed by atoms with Crippen LogP contribution in [0.5, 0.6) is 5.75 Å². The van der Waals surface area contributed by atoms with Crippen LogP contribution in [0.3, 0.4) is 0 Å². The first-order chi connectivity index (χ1) is 12.9. The molecule has 0 radical (unpaired) electrons. The van der Waals surface area contributed by atoms with Crippen molar-refractivity contribution in [2.24, 2.45) is 0 Å². The highest BCUT2D eigenvalue weighted by molar-refractivity contribution is 6.60. The predicted molar refractivity (Wildman–Crippen MR) is 102 cm³/mol. The van der Waals surface area contributed by atoms with E-state index in [0.717, 1.165) is 0 Å². The van der Waals surface area contributed by atoms with Gasteiger partial charge in [0.2, 0.25) is 0 Å². The Labute approximate surface area is 160 Å². The first-order valence-electron chi connectivity index (χ1n) is 8.95. The molecule has 0 aliphatic rings. The van der Waals surface area contributed by atoms with E-state index in [-0.39, 0.29) is 17.3 Å². The van der Waals surface area contributed by atoms with Crippen LogP contribution >= 0.6 is 0 Å². The van der Waals surface area contributed by atoms with E-state index in [1.807, 2.05) is 20.8 Å². The zero-order valence-corrected chi connectivity index (χ0v) is 17.3. The van der Waals surface area contributed by atoms with Crippen molar-refractivity contribution >= 4 is 20.4 Å². The van der Waals surface area contributed by atoms with Crippen LogP contribution in [0.15, 0.2) is 18.2 Å². The summed E-state index contributed by atoms with van der Waals surface area (Å²) in [4.78, 5) is 22.6. The Bertz CT molecular complexity index is 610. The van der Waals surface area contributed by atoms with E-state index in [2.05, 4.69) is 5.32 Å². The maximum Gasteiger partial charge on any atom is 0.500 e. The maximum atomic E-state index is 12.3. The molecule has 0 spiro atoms. The minimum atomic E-state index is -2.73. The van der Waals surface area contributed by atoms with Gasteiger partial charge in [0.15, 0.2) is 5.75 Å². The van der Waals surface area contributed by atoms with E-state index in [1.165, 1.54) is 25.3 Å². The fraction of sp³-hybridized carbons (Fsp3) is 0.588. The molecule has 1 rings (SSSR count). The zero-order valence-electron chi connectivity index (χ0n) is 16.3. The van der Waals surface area contributed by atoms with Crippen LogP contribution in [0.4, 0.5) is 5.69 Å². The number of hydrogen-bond acceptors (Lipinski definition) is 7. The van der Waals surface area contributed by atoms with Crippen molar-refractivity contribution in [2.75, 3.05) is 33.5 Å². The molecule has 1 aromatic carbocycles. The summed E-state index contributed by atoms with van der Waals surface area (Å²) in [6, 6.07) is 4.60. The molecule has 0 aromatic heterocycles. The highest BCUT2D eigenvalue weighted by Crippen LogP contribution is 2.27. The number of amides is 1. The highest BCUT2D eigenvalue weighted by Gasteiger charge is 2.39. The van der Waals surface area contributed by atoms with Crippen LogP contribution in [0.25, 0.3) is 0 Å². The minimum absolute atomic E-state index is 0.0445. The summed E-state index contributed by atoms with van der Waals surface area (Å²) in [6.45, 7) is 7.58. The van der Waals surface area contributed by atoms with Crippen molar-refractivity contribution in [1.82, 2.24) is 5.32 Å². The molecule has 1 aromatic rings. The van der Waals surface area contributed by atoms with Gasteiger partial charge in [-0.2, -0.15) is 0 Å². The fourth-order valence-corrected chi connectivity index (χ4v) is 5.19. The summed E-state index contributed by atoms with van der Waals surface area (Å²) in [7, 11) is -1.41. The van der Waals surface area contributed by atoms with Gasteiger partial charge in [0, 0.05) is 50.1 Å². The second-order valence-electron chi connectivity index (χ2n) is 5.49. The second kappa shape index (κ2) is 11.6. The molecule has 0 bridgehead atoms. The van der Waals surface area contributed by atoms with Gasteiger partial charge in [-0.25, -0.2) is 0 Å². The fourth-order valence-electron chi connectivity index (χ4n) is 2.58. The molecule has 0 saturated heterocycles. The number of nitro benzene ring substituents is 1. The second-order valence-corrected chi connectivity index (χ2v) is 8.22. The highest BCUT2D eigenvalue weighted by atomic mass is 28.4. The molecule has 0 saturated carbocycles. The number of methoxy groups -OCH3 is 1. The SMILES string of the molecule is CCO[Si](CCCNC(=O)c1ccc([N+](=O)[O-])c(OC)c1)(OCC)OCC. The molecule has 0 aliphatic carbocycles. The Kier molecular flexibility index (Phi) is 9.93. The molecule has 27 heavy (non-hydrogen) atoms. The number of carbonyl (C=O) groups is 1. The molecule has 0 unspecified atom stereocenters. The molecular formula is C17H28N2O7Si. The average Bonchev–Trinajstić information content (AvgIpc) is 2.65. The van der Waals surface area contributed by atoms with E-state index < -0.39 is 13.7 Å². The van der Waals surface area contributed by atoms with Gasteiger partial charge < -0.3 is 23.3 Å². The van der Waals surface area contributed by atoms with E-state index >= 15 is 0 Å². The van der Waals surface area contributed by atoms with Gasteiger partial charge in [-0.1, -0.05) is 0 Å². The number of rotatable bonds is 13. The Morgan fingerprint density at radius 1 is 1.15 bits per heavy atom. The third-order valence-electron chi connectivity index (χ3n) is 3.68. The smallest absolute Gasteiger partial charge is 0.490 e. The summed E-state index contributed by atoms with van der Waals surface area (Å²) in [5, 5.41) is 13.7. The zero-order chi connectivity index (χ0) is 20.3. The number of nitrogens with one attached hydrogen (secondary N) is 1. The van der Waals surface area contributed by atoms with Crippen molar-refractivity contribution in [3.8, 4) is 5.75 Å². The lowest BCUT2D eigenvalue weighted by Crippen LogP contribution is -2.46. The molecule has 10 heteroatoms. The molecule has 0 fully saturated rings. The molecule has 0 heterocycles. The summed E-state index contributed by atoms with van der Waals surface area (Å²) in [5.41, 5.74) is 0.107. The number of nitrogens with zero attached hydrogens (tertiary/aromatic N) is 1. The molecule has 1 N–H and O–H groups in total. The average molecular weight is 401 g/mol. The summed E-state index contributed by atoms with van der Waals surface area (Å²) in [6.07, 6.45) is 0.627. The monoisotopic (exact) mass is 400 g/mol. The number of nitro groups is 1. The van der Waals surface area contributed by atoms with Gasteiger partial charge in [0.05, 0.1) is 12.0 Å². The van der Waals surface area contributed by atoms with E-state index in [9.17, 15) is 14.9 Å². The third kappa shape index (κ3) is 6.90. The summed E-state index contributed by atoms with van der Waals surface area (Å²) in [5.74, 6) is -0.289. The van der Waals surface area contributed by atoms with Gasteiger partial charge in [-0.05, 0) is 33.3 Å². The maximum absolute atomic E-state index is 12.3. The standard InChI is InChI=1S/C17H28N2O7Si/c1-5-24-27(25-6-2,26-7-3)12-8-11-18-17(20)14-9-10-15(19(21)22)16(13-14)23-4/h9-10,13H,5-8,11-12H2,1-4H3,(H,18,20). The number of carbonyl (C=O) groups excluding carboxylic acids is 1. The van der Waals surface area contributed by atoms with Crippen LogP contribution in [-0.4, -0.2) is 53.1 Å². The van der Waals surface area contributed by atoms with Crippen LogP contribution in [0.1, 0.15) is 37.6 Å². The first kappa shape index (κ1) is 23.0. The Morgan fingerprint density at radius 3 is 2.22 bits per heavy atom. The topological polar surface area (TPSA) is 109 Å². The normalized spacial score (nSPS) is 11.3. The van der Waals surface area contributed by atoms with E-state index in [1.54, 1.807) is 0 Å². The molecule has 0 atom stereocenters. The number of hydrogen-bond donors (Lipinski definition) is 1. The van der Waals surface area contributed by atoms with E-state index in [0.29, 0.717) is 44.4 Å². The van der Waals surface area contributed by atoms with Gasteiger partial charge in [-0.3, -0.25) is 14.9 Å². The molecule has 1 amide bonds. The lowest BCUT2D eigenvalue weighted by atomic mass is 10.1. The van der Waals surface area contributed by atoms with Crippen LogP contribution < -0.4 is 10.1 Å². The van der Waals surface area contributed by atoms with Gasteiger partial charge in [0.1, 0.15) is 0 Å². The minimum Gasteiger partial charge on any atom is -0.490 e. The van der Waals surface area contributed by atoms with E-state index in [4.69, 9.17) is 18.0 Å².